The number of hydrogen-bond donors (Lipinski definition) is 1. The molecular formula is C10H13F3N2S. The Labute approximate surface area is 96.8 Å². The number of alkyl halides is 3. The summed E-state index contributed by atoms with van der Waals surface area (Å²) in [6.07, 6.45) is -3.44. The Bertz CT molecular complexity index is 322. The van der Waals surface area contributed by atoms with Gasteiger partial charge in [0.25, 0.3) is 0 Å². The van der Waals surface area contributed by atoms with Crippen LogP contribution in [0.4, 0.5) is 13.2 Å². The molecule has 0 radical (unpaired) electrons. The van der Waals surface area contributed by atoms with E-state index < -0.39 is 11.7 Å². The Morgan fingerprint density at radius 1 is 1.38 bits per heavy atom. The molecule has 1 heterocycles. The molecule has 1 aromatic rings. The van der Waals surface area contributed by atoms with Crippen molar-refractivity contribution in [2.24, 2.45) is 0 Å². The molecule has 0 bridgehead atoms. The number of pyridine rings is 1. The minimum Gasteiger partial charge on any atom is -0.261 e. The third-order valence-corrected chi connectivity index (χ3v) is 2.77. The van der Waals surface area contributed by atoms with Gasteiger partial charge in [0, 0.05) is 12.2 Å². The van der Waals surface area contributed by atoms with Crippen molar-refractivity contribution in [3.63, 3.8) is 0 Å². The standard InChI is InChI=1S/C10H13F3N2S/c1-7(2)15-16-6-9-4-3-8(5-14-9)10(11,12)13/h3-5,7,15H,6H2,1-2H3. The Morgan fingerprint density at radius 2 is 2.06 bits per heavy atom. The normalized spacial score (nSPS) is 12.1. The SMILES string of the molecule is CC(C)NSCc1ccc(C(F)(F)F)cn1. The summed E-state index contributed by atoms with van der Waals surface area (Å²) < 4.78 is 39.8. The molecule has 0 unspecified atom stereocenters. The summed E-state index contributed by atoms with van der Waals surface area (Å²) in [5.41, 5.74) is -0.0794. The molecule has 90 valence electrons. The average Bonchev–Trinajstić information content (AvgIpc) is 2.16. The highest BCUT2D eigenvalue weighted by Gasteiger charge is 2.30. The molecule has 2 nitrogen and oxygen atoms in total. The first-order valence-electron chi connectivity index (χ1n) is 4.79. The summed E-state index contributed by atoms with van der Waals surface area (Å²) in [4.78, 5) is 3.76. The van der Waals surface area contributed by atoms with Crippen molar-refractivity contribution in [1.29, 1.82) is 0 Å². The monoisotopic (exact) mass is 250 g/mol. The fourth-order valence-electron chi connectivity index (χ4n) is 0.960. The Balaban J connectivity index is 2.52. The van der Waals surface area contributed by atoms with E-state index in [1.807, 2.05) is 13.8 Å². The zero-order valence-electron chi connectivity index (χ0n) is 9.01. The molecule has 0 saturated carbocycles. The summed E-state index contributed by atoms with van der Waals surface area (Å²) in [5, 5.41) is 0. The van der Waals surface area contributed by atoms with Crippen LogP contribution in [0.2, 0.25) is 0 Å². The highest BCUT2D eigenvalue weighted by molar-refractivity contribution is 7.96. The van der Waals surface area contributed by atoms with Gasteiger partial charge in [-0.15, -0.1) is 0 Å². The first kappa shape index (κ1) is 13.3. The molecule has 0 saturated heterocycles. The lowest BCUT2D eigenvalue weighted by atomic mass is 10.2. The van der Waals surface area contributed by atoms with Crippen molar-refractivity contribution in [3.8, 4) is 0 Å². The van der Waals surface area contributed by atoms with Crippen LogP contribution in [-0.4, -0.2) is 11.0 Å². The predicted molar refractivity (Wildman–Crippen MR) is 58.8 cm³/mol. The zero-order valence-corrected chi connectivity index (χ0v) is 9.82. The minimum atomic E-state index is -4.31. The molecule has 1 N–H and O–H groups in total. The number of rotatable bonds is 4. The lowest BCUT2D eigenvalue weighted by Gasteiger charge is -2.08. The second kappa shape index (κ2) is 5.54. The van der Waals surface area contributed by atoms with Gasteiger partial charge in [0.15, 0.2) is 0 Å². The van der Waals surface area contributed by atoms with E-state index in [1.165, 1.54) is 18.0 Å². The van der Waals surface area contributed by atoms with Gasteiger partial charge >= 0.3 is 6.18 Å². The lowest BCUT2D eigenvalue weighted by Crippen LogP contribution is -2.14. The smallest absolute Gasteiger partial charge is 0.261 e. The fourth-order valence-corrected chi connectivity index (χ4v) is 1.70. The summed E-state index contributed by atoms with van der Waals surface area (Å²) in [6, 6.07) is 2.79. The van der Waals surface area contributed by atoms with Gasteiger partial charge in [-0.3, -0.25) is 9.71 Å². The van der Waals surface area contributed by atoms with Crippen molar-refractivity contribution in [2.45, 2.75) is 31.8 Å². The molecule has 6 heteroatoms. The van der Waals surface area contributed by atoms with E-state index >= 15 is 0 Å². The van der Waals surface area contributed by atoms with E-state index in [1.54, 1.807) is 0 Å². The maximum absolute atomic E-state index is 12.2. The highest BCUT2D eigenvalue weighted by atomic mass is 32.2. The number of halogens is 3. The number of nitrogens with one attached hydrogen (secondary N) is 1. The van der Waals surface area contributed by atoms with Crippen molar-refractivity contribution >= 4 is 11.9 Å². The molecular weight excluding hydrogens is 237 g/mol. The van der Waals surface area contributed by atoms with E-state index in [0.29, 0.717) is 17.5 Å². The summed E-state index contributed by atoms with van der Waals surface area (Å²) in [5.74, 6) is 0.552. The van der Waals surface area contributed by atoms with Gasteiger partial charge in [-0.05, 0) is 26.0 Å². The minimum absolute atomic E-state index is 0.333. The average molecular weight is 250 g/mol. The second-order valence-corrected chi connectivity index (χ2v) is 4.41. The Hall–Kier alpha value is -0.750. The molecule has 0 amide bonds. The molecule has 16 heavy (non-hydrogen) atoms. The second-order valence-electron chi connectivity index (χ2n) is 3.60. The molecule has 0 aliphatic carbocycles. The molecule has 0 aliphatic rings. The zero-order chi connectivity index (χ0) is 12.2. The van der Waals surface area contributed by atoms with Gasteiger partial charge in [-0.25, -0.2) is 0 Å². The van der Waals surface area contributed by atoms with E-state index in [4.69, 9.17) is 0 Å². The van der Waals surface area contributed by atoms with Gasteiger partial charge in [0.05, 0.1) is 17.0 Å². The van der Waals surface area contributed by atoms with Crippen molar-refractivity contribution in [3.05, 3.63) is 29.6 Å². The van der Waals surface area contributed by atoms with Gasteiger partial charge in [0.2, 0.25) is 0 Å². The quantitative estimate of drug-likeness (QED) is 0.830. The van der Waals surface area contributed by atoms with Gasteiger partial charge in [-0.1, -0.05) is 11.9 Å². The molecule has 0 fully saturated rings. The van der Waals surface area contributed by atoms with Crippen LogP contribution in [0.5, 0.6) is 0 Å². The van der Waals surface area contributed by atoms with Crippen LogP contribution in [0.3, 0.4) is 0 Å². The van der Waals surface area contributed by atoms with Gasteiger partial charge in [0.1, 0.15) is 0 Å². The van der Waals surface area contributed by atoms with Crippen molar-refractivity contribution in [2.75, 3.05) is 0 Å². The predicted octanol–water partition coefficient (Wildman–Crippen LogP) is 3.25. The topological polar surface area (TPSA) is 24.9 Å². The summed E-state index contributed by atoms with van der Waals surface area (Å²) in [7, 11) is 0. The maximum atomic E-state index is 12.2. The number of hydrogen-bond acceptors (Lipinski definition) is 3. The van der Waals surface area contributed by atoms with Crippen LogP contribution < -0.4 is 4.72 Å². The number of nitrogens with zero attached hydrogens (tertiary/aromatic N) is 1. The van der Waals surface area contributed by atoms with Crippen LogP contribution in [0.15, 0.2) is 18.3 Å². The molecule has 0 aromatic carbocycles. The largest absolute Gasteiger partial charge is 0.417 e. The van der Waals surface area contributed by atoms with E-state index in [9.17, 15) is 13.2 Å². The third kappa shape index (κ3) is 4.40. The maximum Gasteiger partial charge on any atom is 0.417 e. The van der Waals surface area contributed by atoms with Gasteiger partial charge in [-0.2, -0.15) is 13.2 Å². The Morgan fingerprint density at radius 3 is 2.50 bits per heavy atom. The summed E-state index contributed by atoms with van der Waals surface area (Å²) in [6.45, 7) is 3.99. The highest BCUT2D eigenvalue weighted by Crippen LogP contribution is 2.28. The summed E-state index contributed by atoms with van der Waals surface area (Å²) >= 11 is 1.43. The molecule has 1 rings (SSSR count). The van der Waals surface area contributed by atoms with E-state index in [-0.39, 0.29) is 0 Å². The fraction of sp³-hybridized carbons (Fsp3) is 0.500. The molecule has 0 atom stereocenters. The lowest BCUT2D eigenvalue weighted by molar-refractivity contribution is -0.137. The Kier molecular flexibility index (Phi) is 4.61. The first-order chi connectivity index (χ1) is 7.39. The van der Waals surface area contributed by atoms with Gasteiger partial charge < -0.3 is 0 Å². The van der Waals surface area contributed by atoms with E-state index in [2.05, 4.69) is 9.71 Å². The van der Waals surface area contributed by atoms with Crippen LogP contribution in [0.1, 0.15) is 25.1 Å². The van der Waals surface area contributed by atoms with Crippen molar-refractivity contribution in [1.82, 2.24) is 9.71 Å². The first-order valence-corrected chi connectivity index (χ1v) is 5.77. The molecule has 1 aromatic heterocycles. The van der Waals surface area contributed by atoms with Crippen LogP contribution >= 0.6 is 11.9 Å². The third-order valence-electron chi connectivity index (χ3n) is 1.69. The van der Waals surface area contributed by atoms with Crippen LogP contribution in [0.25, 0.3) is 0 Å². The van der Waals surface area contributed by atoms with E-state index in [0.717, 1.165) is 12.3 Å². The van der Waals surface area contributed by atoms with Crippen LogP contribution in [0, 0.1) is 0 Å². The van der Waals surface area contributed by atoms with Crippen LogP contribution in [-0.2, 0) is 11.9 Å². The molecule has 0 aliphatic heterocycles. The molecule has 0 spiro atoms. The number of aromatic nitrogens is 1. The van der Waals surface area contributed by atoms with Crippen molar-refractivity contribution < 1.29 is 13.2 Å².